The number of hydrogen-bond donors (Lipinski definition) is 1. The molecular weight excluding hydrogens is 302 g/mol. The second-order valence-electron chi connectivity index (χ2n) is 4.58. The quantitative estimate of drug-likeness (QED) is 0.300. The number of rotatable bonds is 10. The predicted molar refractivity (Wildman–Crippen MR) is 85.5 cm³/mol. The van der Waals surface area contributed by atoms with E-state index in [1.54, 1.807) is 31.3 Å². The van der Waals surface area contributed by atoms with Crippen molar-refractivity contribution in [2.24, 2.45) is 4.99 Å². The summed E-state index contributed by atoms with van der Waals surface area (Å²) in [6.07, 6.45) is 1.02. The molecular formula is C16H23NO6. The van der Waals surface area contributed by atoms with Crippen LogP contribution in [0.5, 0.6) is 11.5 Å². The van der Waals surface area contributed by atoms with Gasteiger partial charge < -0.3 is 24.1 Å². The number of methoxy groups -OCH3 is 2. The fraction of sp³-hybridized carbons (Fsp3) is 0.500. The first kappa shape index (κ1) is 19.1. The minimum absolute atomic E-state index is 0.00276. The first-order chi connectivity index (χ1) is 11.1. The van der Waals surface area contributed by atoms with Crippen molar-refractivity contribution in [2.75, 3.05) is 40.6 Å². The van der Waals surface area contributed by atoms with Gasteiger partial charge in [0.25, 0.3) is 0 Å². The lowest BCUT2D eigenvalue weighted by Crippen LogP contribution is -2.24. The van der Waals surface area contributed by atoms with Crippen molar-refractivity contribution in [1.29, 1.82) is 0 Å². The predicted octanol–water partition coefficient (Wildman–Crippen LogP) is 1.06. The van der Waals surface area contributed by atoms with Gasteiger partial charge in [0, 0.05) is 13.3 Å². The highest BCUT2D eigenvalue weighted by Crippen LogP contribution is 2.28. The number of nitrogens with zero attached hydrogens (tertiary/aromatic N) is 1. The van der Waals surface area contributed by atoms with Crippen LogP contribution in [0.2, 0.25) is 0 Å². The maximum atomic E-state index is 11.7. The van der Waals surface area contributed by atoms with Gasteiger partial charge in [0.2, 0.25) is 0 Å². The van der Waals surface area contributed by atoms with Crippen molar-refractivity contribution in [3.63, 3.8) is 0 Å². The molecule has 0 fully saturated rings. The van der Waals surface area contributed by atoms with E-state index in [9.17, 15) is 4.79 Å². The molecule has 0 heterocycles. The van der Waals surface area contributed by atoms with E-state index in [1.807, 2.05) is 0 Å². The number of carbonyl (C=O) groups is 1. The third-order valence-electron chi connectivity index (χ3n) is 2.92. The molecule has 1 aromatic carbocycles. The molecule has 7 nitrogen and oxygen atoms in total. The van der Waals surface area contributed by atoms with Crippen LogP contribution in [0.15, 0.2) is 23.2 Å². The summed E-state index contributed by atoms with van der Waals surface area (Å²) in [4.78, 5) is 15.9. The Balaban J connectivity index is 2.65. The molecule has 0 radical (unpaired) electrons. The molecule has 0 spiro atoms. The molecule has 0 saturated carbocycles. The fourth-order valence-electron chi connectivity index (χ4n) is 1.59. The summed E-state index contributed by atoms with van der Waals surface area (Å²) in [7, 11) is 2.93. The van der Waals surface area contributed by atoms with Gasteiger partial charge in [-0.1, -0.05) is 0 Å². The van der Waals surface area contributed by atoms with Crippen LogP contribution in [0.25, 0.3) is 0 Å². The summed E-state index contributed by atoms with van der Waals surface area (Å²) in [5.41, 5.74) is 0.809. The Morgan fingerprint density at radius 2 is 2.09 bits per heavy atom. The molecule has 0 aliphatic heterocycles. The Bertz CT molecular complexity index is 517. The average molecular weight is 325 g/mol. The van der Waals surface area contributed by atoms with Crippen molar-refractivity contribution in [1.82, 2.24) is 0 Å². The van der Waals surface area contributed by atoms with E-state index in [2.05, 4.69) is 4.99 Å². The third kappa shape index (κ3) is 6.77. The lowest BCUT2D eigenvalue weighted by molar-refractivity contribution is -0.144. The molecule has 7 heteroatoms. The summed E-state index contributed by atoms with van der Waals surface area (Å²) in [5, 5.41) is 8.58. The zero-order chi connectivity index (χ0) is 17.1. The zero-order valence-electron chi connectivity index (χ0n) is 13.7. The molecule has 1 aromatic rings. The van der Waals surface area contributed by atoms with Gasteiger partial charge in [-0.2, -0.15) is 0 Å². The smallest absolute Gasteiger partial charge is 0.340 e. The second-order valence-corrected chi connectivity index (χ2v) is 4.58. The number of carbonyl (C=O) groups excluding carboxylic acids is 1. The highest BCUT2D eigenvalue weighted by atomic mass is 16.6. The van der Waals surface area contributed by atoms with Gasteiger partial charge >= 0.3 is 5.97 Å². The van der Waals surface area contributed by atoms with Crippen LogP contribution in [0.3, 0.4) is 0 Å². The number of esters is 1. The standard InChI is InChI=1S/C16H23NO6/c1-12(20-2)16(19)23-14-5-4-13(10-15(14)21-3)11-17-6-8-22-9-7-18/h4-5,10-12,18H,6-9H2,1-3H3. The SMILES string of the molecule is COc1cc(C=NCCOCCO)ccc1OC(=O)C(C)OC. The molecule has 0 aliphatic rings. The van der Waals surface area contributed by atoms with E-state index >= 15 is 0 Å². The molecule has 0 bridgehead atoms. The zero-order valence-corrected chi connectivity index (χ0v) is 13.7. The molecule has 0 aliphatic carbocycles. The Hall–Kier alpha value is -1.96. The Morgan fingerprint density at radius 3 is 2.74 bits per heavy atom. The molecule has 23 heavy (non-hydrogen) atoms. The number of hydrogen-bond acceptors (Lipinski definition) is 7. The molecule has 0 aromatic heterocycles. The van der Waals surface area contributed by atoms with Crippen molar-refractivity contribution in [3.05, 3.63) is 23.8 Å². The monoisotopic (exact) mass is 325 g/mol. The highest BCUT2D eigenvalue weighted by molar-refractivity contribution is 5.82. The van der Waals surface area contributed by atoms with E-state index in [0.717, 1.165) is 5.56 Å². The molecule has 0 saturated heterocycles. The second kappa shape index (κ2) is 10.7. The third-order valence-corrected chi connectivity index (χ3v) is 2.92. The molecule has 1 rings (SSSR count). The number of aliphatic imine (C=N–C) groups is 1. The van der Waals surface area contributed by atoms with Crippen molar-refractivity contribution < 1.29 is 28.8 Å². The Kier molecular flexibility index (Phi) is 8.89. The topological polar surface area (TPSA) is 86.6 Å². The van der Waals surface area contributed by atoms with Crippen LogP contribution in [0, 0.1) is 0 Å². The molecule has 1 atom stereocenters. The maximum Gasteiger partial charge on any atom is 0.340 e. The van der Waals surface area contributed by atoms with E-state index in [1.165, 1.54) is 14.2 Å². The molecule has 1 unspecified atom stereocenters. The Labute approximate surface area is 135 Å². The van der Waals surface area contributed by atoms with Gasteiger partial charge in [-0.3, -0.25) is 4.99 Å². The summed E-state index contributed by atoms with van der Waals surface area (Å²) in [6, 6.07) is 5.13. The Morgan fingerprint density at radius 1 is 1.30 bits per heavy atom. The van der Waals surface area contributed by atoms with E-state index in [4.69, 9.17) is 24.1 Å². The van der Waals surface area contributed by atoms with E-state index in [0.29, 0.717) is 31.3 Å². The van der Waals surface area contributed by atoms with Gasteiger partial charge in [0.05, 0.1) is 33.5 Å². The summed E-state index contributed by atoms with van der Waals surface area (Å²) in [6.45, 7) is 2.85. The lowest BCUT2D eigenvalue weighted by atomic mass is 10.2. The van der Waals surface area contributed by atoms with Crippen molar-refractivity contribution in [2.45, 2.75) is 13.0 Å². The van der Waals surface area contributed by atoms with Gasteiger partial charge in [-0.25, -0.2) is 4.79 Å². The van der Waals surface area contributed by atoms with Gasteiger partial charge in [-0.05, 0) is 30.7 Å². The summed E-state index contributed by atoms with van der Waals surface area (Å²) in [5.74, 6) is 0.264. The number of ether oxygens (including phenoxy) is 4. The van der Waals surface area contributed by atoms with Crippen molar-refractivity contribution >= 4 is 12.2 Å². The lowest BCUT2D eigenvalue weighted by Gasteiger charge is -2.12. The van der Waals surface area contributed by atoms with Gasteiger partial charge in [0.1, 0.15) is 0 Å². The van der Waals surface area contributed by atoms with Crippen LogP contribution in [0.1, 0.15) is 12.5 Å². The highest BCUT2D eigenvalue weighted by Gasteiger charge is 2.16. The van der Waals surface area contributed by atoms with Crippen LogP contribution < -0.4 is 9.47 Å². The summed E-state index contributed by atoms with van der Waals surface area (Å²) < 4.78 is 20.5. The van der Waals surface area contributed by atoms with Crippen LogP contribution in [-0.4, -0.2) is 64.0 Å². The van der Waals surface area contributed by atoms with Gasteiger partial charge in [-0.15, -0.1) is 0 Å². The van der Waals surface area contributed by atoms with Gasteiger partial charge in [0.15, 0.2) is 17.6 Å². The van der Waals surface area contributed by atoms with Crippen molar-refractivity contribution in [3.8, 4) is 11.5 Å². The largest absolute Gasteiger partial charge is 0.493 e. The number of aliphatic hydroxyl groups excluding tert-OH is 1. The molecule has 1 N–H and O–H groups in total. The average Bonchev–Trinajstić information content (AvgIpc) is 2.58. The minimum Gasteiger partial charge on any atom is -0.493 e. The first-order valence-electron chi connectivity index (χ1n) is 7.23. The maximum absolute atomic E-state index is 11.7. The number of aliphatic hydroxyl groups is 1. The van der Waals surface area contributed by atoms with Crippen LogP contribution in [0.4, 0.5) is 0 Å². The molecule has 0 amide bonds. The normalized spacial score (nSPS) is 12.3. The van der Waals surface area contributed by atoms with E-state index < -0.39 is 12.1 Å². The minimum atomic E-state index is -0.653. The van der Waals surface area contributed by atoms with Crippen LogP contribution in [-0.2, 0) is 14.3 Å². The van der Waals surface area contributed by atoms with E-state index in [-0.39, 0.29) is 6.61 Å². The number of benzene rings is 1. The summed E-state index contributed by atoms with van der Waals surface area (Å²) >= 11 is 0. The molecule has 128 valence electrons. The van der Waals surface area contributed by atoms with Crippen LogP contribution >= 0.6 is 0 Å². The fourth-order valence-corrected chi connectivity index (χ4v) is 1.59. The first-order valence-corrected chi connectivity index (χ1v) is 7.23.